The standard InChI is InChI=1S/C11H22N2O/c1-4-6-11(14)10-9-12(2)7-5-8-13(10)3/h10H,4-9H2,1-3H3. The van der Waals surface area contributed by atoms with E-state index >= 15 is 0 Å². The summed E-state index contributed by atoms with van der Waals surface area (Å²) in [6.45, 7) is 5.12. The molecular formula is C11H22N2O. The van der Waals surface area contributed by atoms with Crippen molar-refractivity contribution in [3.63, 3.8) is 0 Å². The number of carbonyl (C=O) groups excluding carboxylic acids is 1. The van der Waals surface area contributed by atoms with Crippen LogP contribution in [0, 0.1) is 0 Å². The number of hydrogen-bond acceptors (Lipinski definition) is 3. The van der Waals surface area contributed by atoms with Gasteiger partial charge < -0.3 is 4.90 Å². The van der Waals surface area contributed by atoms with Gasteiger partial charge in [-0.05, 0) is 40.0 Å². The molecule has 1 heterocycles. The zero-order chi connectivity index (χ0) is 10.6. The number of carbonyl (C=O) groups is 1. The molecule has 0 aromatic heterocycles. The predicted molar refractivity (Wildman–Crippen MR) is 58.4 cm³/mol. The lowest BCUT2D eigenvalue weighted by molar-refractivity contribution is -0.124. The molecule has 3 nitrogen and oxygen atoms in total. The quantitative estimate of drug-likeness (QED) is 0.675. The molecule has 0 spiro atoms. The van der Waals surface area contributed by atoms with Crippen molar-refractivity contribution in [2.24, 2.45) is 0 Å². The number of rotatable bonds is 3. The van der Waals surface area contributed by atoms with Crippen LogP contribution in [0.25, 0.3) is 0 Å². The Labute approximate surface area is 87.1 Å². The zero-order valence-corrected chi connectivity index (χ0v) is 9.62. The summed E-state index contributed by atoms with van der Waals surface area (Å²) >= 11 is 0. The summed E-state index contributed by atoms with van der Waals surface area (Å²) in [5.41, 5.74) is 0. The summed E-state index contributed by atoms with van der Waals surface area (Å²) in [4.78, 5) is 16.3. The first-order valence-corrected chi connectivity index (χ1v) is 5.56. The van der Waals surface area contributed by atoms with Crippen LogP contribution in [0.5, 0.6) is 0 Å². The molecule has 1 saturated heterocycles. The van der Waals surface area contributed by atoms with Crippen molar-refractivity contribution < 1.29 is 4.79 Å². The number of hydrogen-bond donors (Lipinski definition) is 0. The van der Waals surface area contributed by atoms with Crippen LogP contribution in [0.2, 0.25) is 0 Å². The second-order valence-electron chi connectivity index (χ2n) is 4.33. The molecule has 0 amide bonds. The molecule has 0 aliphatic carbocycles. The number of Topliss-reactive ketones (excluding diaryl/α,β-unsaturated/α-hetero) is 1. The zero-order valence-electron chi connectivity index (χ0n) is 9.62. The molecule has 0 N–H and O–H groups in total. The smallest absolute Gasteiger partial charge is 0.151 e. The van der Waals surface area contributed by atoms with Gasteiger partial charge in [-0.25, -0.2) is 0 Å². The molecule has 1 atom stereocenters. The van der Waals surface area contributed by atoms with Crippen molar-refractivity contribution >= 4 is 5.78 Å². The SMILES string of the molecule is CCCC(=O)C1CN(C)CCCN1C. The average Bonchev–Trinajstić information content (AvgIpc) is 2.29. The molecule has 0 radical (unpaired) electrons. The highest BCUT2D eigenvalue weighted by molar-refractivity contribution is 5.84. The first kappa shape index (κ1) is 11.7. The van der Waals surface area contributed by atoms with Crippen molar-refractivity contribution in [1.29, 1.82) is 0 Å². The van der Waals surface area contributed by atoms with Gasteiger partial charge in [-0.1, -0.05) is 6.92 Å². The Bertz CT molecular complexity index is 194. The second-order valence-corrected chi connectivity index (χ2v) is 4.33. The van der Waals surface area contributed by atoms with E-state index in [1.807, 2.05) is 0 Å². The fourth-order valence-electron chi connectivity index (χ4n) is 2.03. The van der Waals surface area contributed by atoms with E-state index in [0.717, 1.165) is 32.5 Å². The van der Waals surface area contributed by atoms with Crippen molar-refractivity contribution in [2.45, 2.75) is 32.2 Å². The summed E-state index contributed by atoms with van der Waals surface area (Å²) < 4.78 is 0. The minimum absolute atomic E-state index is 0.127. The van der Waals surface area contributed by atoms with Gasteiger partial charge in [0.1, 0.15) is 0 Å². The molecule has 0 bridgehead atoms. The van der Waals surface area contributed by atoms with Gasteiger partial charge in [0.25, 0.3) is 0 Å². The van der Waals surface area contributed by atoms with Gasteiger partial charge in [-0.15, -0.1) is 0 Å². The van der Waals surface area contributed by atoms with Crippen LogP contribution in [-0.4, -0.2) is 55.4 Å². The van der Waals surface area contributed by atoms with E-state index in [4.69, 9.17) is 0 Å². The summed E-state index contributed by atoms with van der Waals surface area (Å²) in [5.74, 6) is 0.406. The fourth-order valence-corrected chi connectivity index (χ4v) is 2.03. The van der Waals surface area contributed by atoms with Crippen LogP contribution < -0.4 is 0 Å². The van der Waals surface area contributed by atoms with Gasteiger partial charge in [-0.3, -0.25) is 9.69 Å². The predicted octanol–water partition coefficient (Wildman–Crippen LogP) is 0.992. The highest BCUT2D eigenvalue weighted by Crippen LogP contribution is 2.09. The van der Waals surface area contributed by atoms with Crippen molar-refractivity contribution in [3.8, 4) is 0 Å². The van der Waals surface area contributed by atoms with Gasteiger partial charge in [0.05, 0.1) is 6.04 Å². The Morgan fingerprint density at radius 2 is 2.07 bits per heavy atom. The van der Waals surface area contributed by atoms with E-state index in [1.165, 1.54) is 6.42 Å². The molecule has 1 unspecified atom stereocenters. The molecule has 3 heteroatoms. The third kappa shape index (κ3) is 3.07. The third-order valence-electron chi connectivity index (χ3n) is 2.94. The summed E-state index contributed by atoms with van der Waals surface area (Å²) in [6.07, 6.45) is 2.86. The maximum Gasteiger partial charge on any atom is 0.151 e. The third-order valence-corrected chi connectivity index (χ3v) is 2.94. The summed E-state index contributed by atoms with van der Waals surface area (Å²) in [5, 5.41) is 0. The molecule has 0 aromatic carbocycles. The Balaban J connectivity index is 2.57. The fraction of sp³-hybridized carbons (Fsp3) is 0.909. The second kappa shape index (κ2) is 5.47. The Kier molecular flexibility index (Phi) is 4.55. The van der Waals surface area contributed by atoms with Gasteiger partial charge in [-0.2, -0.15) is 0 Å². The van der Waals surface area contributed by atoms with Gasteiger partial charge in [0.15, 0.2) is 5.78 Å². The lowest BCUT2D eigenvalue weighted by Gasteiger charge is -2.25. The van der Waals surface area contributed by atoms with Crippen LogP contribution in [0.1, 0.15) is 26.2 Å². The lowest BCUT2D eigenvalue weighted by Crippen LogP contribution is -2.43. The molecular weight excluding hydrogens is 176 g/mol. The molecule has 1 rings (SSSR count). The number of nitrogens with zero attached hydrogens (tertiary/aromatic N) is 2. The van der Waals surface area contributed by atoms with Crippen molar-refractivity contribution in [1.82, 2.24) is 9.80 Å². The lowest BCUT2D eigenvalue weighted by atomic mass is 10.1. The summed E-state index contributed by atoms with van der Waals surface area (Å²) in [6, 6.07) is 0.127. The van der Waals surface area contributed by atoms with E-state index in [-0.39, 0.29) is 6.04 Å². The molecule has 82 valence electrons. The Morgan fingerprint density at radius 1 is 1.36 bits per heavy atom. The number of likely N-dealkylation sites (N-methyl/N-ethyl adjacent to an activating group) is 2. The topological polar surface area (TPSA) is 23.6 Å². The highest BCUT2D eigenvalue weighted by atomic mass is 16.1. The van der Waals surface area contributed by atoms with Crippen LogP contribution >= 0.6 is 0 Å². The molecule has 0 aromatic rings. The van der Waals surface area contributed by atoms with E-state index in [2.05, 4.69) is 30.8 Å². The van der Waals surface area contributed by atoms with E-state index in [0.29, 0.717) is 5.78 Å². The average molecular weight is 198 g/mol. The minimum Gasteiger partial charge on any atom is -0.304 e. The first-order chi connectivity index (χ1) is 6.65. The monoisotopic (exact) mass is 198 g/mol. The van der Waals surface area contributed by atoms with Gasteiger partial charge in [0, 0.05) is 13.0 Å². The van der Waals surface area contributed by atoms with Gasteiger partial charge >= 0.3 is 0 Å². The van der Waals surface area contributed by atoms with Crippen LogP contribution in [-0.2, 0) is 4.79 Å². The maximum absolute atomic E-state index is 11.8. The molecule has 0 saturated carbocycles. The Hall–Kier alpha value is -0.410. The molecule has 1 fully saturated rings. The number of ketones is 1. The maximum atomic E-state index is 11.8. The Morgan fingerprint density at radius 3 is 2.71 bits per heavy atom. The van der Waals surface area contributed by atoms with E-state index in [1.54, 1.807) is 0 Å². The van der Waals surface area contributed by atoms with Crippen LogP contribution in [0.3, 0.4) is 0 Å². The highest BCUT2D eigenvalue weighted by Gasteiger charge is 2.25. The molecule has 1 aliphatic heterocycles. The van der Waals surface area contributed by atoms with E-state index in [9.17, 15) is 4.79 Å². The summed E-state index contributed by atoms with van der Waals surface area (Å²) in [7, 11) is 4.17. The van der Waals surface area contributed by atoms with Gasteiger partial charge in [0.2, 0.25) is 0 Å². The first-order valence-electron chi connectivity index (χ1n) is 5.56. The molecule has 14 heavy (non-hydrogen) atoms. The minimum atomic E-state index is 0.127. The normalized spacial score (nSPS) is 26.1. The largest absolute Gasteiger partial charge is 0.304 e. The van der Waals surface area contributed by atoms with E-state index < -0.39 is 0 Å². The van der Waals surface area contributed by atoms with Crippen LogP contribution in [0.15, 0.2) is 0 Å². The van der Waals surface area contributed by atoms with Crippen LogP contribution in [0.4, 0.5) is 0 Å². The molecule has 1 aliphatic rings. The van der Waals surface area contributed by atoms with Crippen molar-refractivity contribution in [3.05, 3.63) is 0 Å². The van der Waals surface area contributed by atoms with Crippen molar-refractivity contribution in [2.75, 3.05) is 33.7 Å².